The fraction of sp³-hybridized carbons (Fsp3) is 0.400. The zero-order valence-corrected chi connectivity index (χ0v) is 13.0. The van der Waals surface area contributed by atoms with Crippen LogP contribution in [0.2, 0.25) is 5.02 Å². The number of hydrogen-bond acceptors (Lipinski definition) is 4. The third-order valence-electron chi connectivity index (χ3n) is 3.89. The minimum atomic E-state index is -0.0432. The number of likely N-dealkylation sites (tertiary alicyclic amines) is 1. The maximum atomic E-state index is 12.8. The molecule has 1 aliphatic heterocycles. The van der Waals surface area contributed by atoms with Crippen LogP contribution in [-0.2, 0) is 0 Å². The van der Waals surface area contributed by atoms with E-state index in [4.69, 9.17) is 16.3 Å². The van der Waals surface area contributed by atoms with Gasteiger partial charge in [0.1, 0.15) is 18.4 Å². The van der Waals surface area contributed by atoms with Gasteiger partial charge in [-0.25, -0.2) is 9.67 Å². The quantitative estimate of drug-likeness (QED) is 0.871. The van der Waals surface area contributed by atoms with Crippen LogP contribution in [0.5, 0.6) is 5.75 Å². The Labute approximate surface area is 133 Å². The zero-order valence-electron chi connectivity index (χ0n) is 12.3. The summed E-state index contributed by atoms with van der Waals surface area (Å²) in [5, 5.41) is 4.73. The largest absolute Gasteiger partial charge is 0.496 e. The van der Waals surface area contributed by atoms with Crippen LogP contribution in [0.15, 0.2) is 30.9 Å². The number of hydrogen-bond donors (Lipinski definition) is 0. The van der Waals surface area contributed by atoms with Gasteiger partial charge in [-0.3, -0.25) is 4.79 Å². The molecular formula is C15H17ClN4O2. The minimum absolute atomic E-state index is 0.0432. The molecule has 1 amide bonds. The number of amides is 1. The Morgan fingerprint density at radius 3 is 3.05 bits per heavy atom. The minimum Gasteiger partial charge on any atom is -0.496 e. The van der Waals surface area contributed by atoms with E-state index in [-0.39, 0.29) is 11.9 Å². The molecule has 1 aromatic heterocycles. The number of carbonyl (C=O) groups is 1. The summed E-state index contributed by atoms with van der Waals surface area (Å²) in [4.78, 5) is 18.6. The molecule has 22 heavy (non-hydrogen) atoms. The van der Waals surface area contributed by atoms with Gasteiger partial charge >= 0.3 is 0 Å². The highest BCUT2D eigenvalue weighted by Gasteiger charge is 2.27. The SMILES string of the molecule is COc1cc(Cl)ccc1C(=O)N1CCCC(n2cncn2)C1. The van der Waals surface area contributed by atoms with Crippen molar-refractivity contribution in [2.75, 3.05) is 20.2 Å². The molecule has 6 nitrogen and oxygen atoms in total. The monoisotopic (exact) mass is 320 g/mol. The van der Waals surface area contributed by atoms with Crippen LogP contribution in [0.4, 0.5) is 0 Å². The molecule has 1 aliphatic rings. The van der Waals surface area contributed by atoms with Gasteiger partial charge in [0.25, 0.3) is 5.91 Å². The molecule has 0 bridgehead atoms. The highest BCUT2D eigenvalue weighted by atomic mass is 35.5. The summed E-state index contributed by atoms with van der Waals surface area (Å²) >= 11 is 5.95. The molecule has 0 N–H and O–H groups in total. The molecule has 116 valence electrons. The number of ether oxygens (including phenoxy) is 1. The molecule has 7 heteroatoms. The van der Waals surface area contributed by atoms with Crippen molar-refractivity contribution in [3.8, 4) is 5.75 Å². The Bertz CT molecular complexity index is 660. The maximum Gasteiger partial charge on any atom is 0.257 e. The molecule has 1 fully saturated rings. The third-order valence-corrected chi connectivity index (χ3v) is 4.12. The van der Waals surface area contributed by atoms with E-state index in [0.717, 1.165) is 19.4 Å². The van der Waals surface area contributed by atoms with E-state index < -0.39 is 0 Å². The second kappa shape index (κ2) is 6.36. The van der Waals surface area contributed by atoms with Crippen molar-refractivity contribution < 1.29 is 9.53 Å². The summed E-state index contributed by atoms with van der Waals surface area (Å²) in [6.07, 6.45) is 5.14. The summed E-state index contributed by atoms with van der Waals surface area (Å²) in [5.41, 5.74) is 0.533. The Morgan fingerprint density at radius 1 is 1.45 bits per heavy atom. The number of aromatic nitrogens is 3. The van der Waals surface area contributed by atoms with Gasteiger partial charge in [0, 0.05) is 18.1 Å². The number of nitrogens with zero attached hydrogens (tertiary/aromatic N) is 4. The zero-order chi connectivity index (χ0) is 15.5. The third kappa shape index (κ3) is 2.92. The van der Waals surface area contributed by atoms with Crippen LogP contribution < -0.4 is 4.74 Å². The first-order valence-electron chi connectivity index (χ1n) is 7.16. The molecular weight excluding hydrogens is 304 g/mol. The number of piperidine rings is 1. The topological polar surface area (TPSA) is 60.2 Å². The van der Waals surface area contributed by atoms with Crippen LogP contribution in [0.25, 0.3) is 0 Å². The van der Waals surface area contributed by atoms with Crippen molar-refractivity contribution in [3.05, 3.63) is 41.4 Å². The standard InChI is InChI=1S/C15H17ClN4O2/c1-22-14-7-11(16)4-5-13(14)15(21)19-6-2-3-12(8-19)20-10-17-9-18-20/h4-5,7,9-10,12H,2-3,6,8H2,1H3. The molecule has 1 aromatic carbocycles. The van der Waals surface area contributed by atoms with E-state index >= 15 is 0 Å². The molecule has 2 aromatic rings. The first kappa shape index (κ1) is 14.8. The summed E-state index contributed by atoms with van der Waals surface area (Å²) in [6, 6.07) is 5.24. The molecule has 3 rings (SSSR count). The lowest BCUT2D eigenvalue weighted by molar-refractivity contribution is 0.0669. The van der Waals surface area contributed by atoms with Crippen LogP contribution in [-0.4, -0.2) is 45.8 Å². The number of halogens is 1. The van der Waals surface area contributed by atoms with Gasteiger partial charge < -0.3 is 9.64 Å². The van der Waals surface area contributed by atoms with E-state index in [2.05, 4.69) is 10.1 Å². The highest BCUT2D eigenvalue weighted by Crippen LogP contribution is 2.27. The summed E-state index contributed by atoms with van der Waals surface area (Å²) < 4.78 is 7.10. The van der Waals surface area contributed by atoms with Crippen LogP contribution in [0.1, 0.15) is 29.2 Å². The van der Waals surface area contributed by atoms with Crippen molar-refractivity contribution >= 4 is 17.5 Å². The van der Waals surface area contributed by atoms with Crippen molar-refractivity contribution in [3.63, 3.8) is 0 Å². The first-order valence-corrected chi connectivity index (χ1v) is 7.54. The van der Waals surface area contributed by atoms with E-state index in [1.165, 1.54) is 13.4 Å². The summed E-state index contributed by atoms with van der Waals surface area (Å²) in [7, 11) is 1.54. The molecule has 2 heterocycles. The van der Waals surface area contributed by atoms with Crippen molar-refractivity contribution in [2.45, 2.75) is 18.9 Å². The Hall–Kier alpha value is -2.08. The first-order chi connectivity index (χ1) is 10.7. The van der Waals surface area contributed by atoms with Crippen molar-refractivity contribution in [1.29, 1.82) is 0 Å². The Balaban J connectivity index is 1.80. The lowest BCUT2D eigenvalue weighted by Gasteiger charge is -2.33. The molecule has 1 atom stereocenters. The van der Waals surface area contributed by atoms with E-state index in [1.54, 1.807) is 24.5 Å². The van der Waals surface area contributed by atoms with Gasteiger partial charge in [-0.05, 0) is 31.0 Å². The smallest absolute Gasteiger partial charge is 0.257 e. The van der Waals surface area contributed by atoms with E-state index in [9.17, 15) is 4.79 Å². The normalized spacial score (nSPS) is 18.3. The van der Waals surface area contributed by atoms with Crippen LogP contribution >= 0.6 is 11.6 Å². The second-order valence-electron chi connectivity index (χ2n) is 5.27. The van der Waals surface area contributed by atoms with Crippen molar-refractivity contribution in [1.82, 2.24) is 19.7 Å². The summed E-state index contributed by atoms with van der Waals surface area (Å²) in [5.74, 6) is 0.457. The predicted molar refractivity (Wildman–Crippen MR) is 82.2 cm³/mol. The average molecular weight is 321 g/mol. The van der Waals surface area contributed by atoms with Gasteiger partial charge in [0.15, 0.2) is 0 Å². The number of carbonyl (C=O) groups excluding carboxylic acids is 1. The average Bonchev–Trinajstić information content (AvgIpc) is 3.08. The van der Waals surface area contributed by atoms with Gasteiger partial charge in [-0.2, -0.15) is 5.10 Å². The van der Waals surface area contributed by atoms with Crippen molar-refractivity contribution in [2.24, 2.45) is 0 Å². The molecule has 0 saturated carbocycles. The predicted octanol–water partition coefficient (Wildman–Crippen LogP) is 2.42. The molecule has 0 aliphatic carbocycles. The highest BCUT2D eigenvalue weighted by molar-refractivity contribution is 6.30. The Morgan fingerprint density at radius 2 is 2.32 bits per heavy atom. The number of rotatable bonds is 3. The molecule has 1 saturated heterocycles. The van der Waals surface area contributed by atoms with Crippen LogP contribution in [0, 0.1) is 0 Å². The van der Waals surface area contributed by atoms with E-state index in [1.807, 2.05) is 9.58 Å². The van der Waals surface area contributed by atoms with Gasteiger partial charge in [0.05, 0.1) is 18.7 Å². The number of benzene rings is 1. The van der Waals surface area contributed by atoms with Gasteiger partial charge in [-0.15, -0.1) is 0 Å². The maximum absolute atomic E-state index is 12.8. The van der Waals surface area contributed by atoms with Gasteiger partial charge in [0.2, 0.25) is 0 Å². The lowest BCUT2D eigenvalue weighted by atomic mass is 10.0. The Kier molecular flexibility index (Phi) is 4.29. The molecule has 0 radical (unpaired) electrons. The fourth-order valence-corrected chi connectivity index (χ4v) is 2.94. The molecule has 1 unspecified atom stereocenters. The number of methoxy groups -OCH3 is 1. The van der Waals surface area contributed by atoms with Crippen LogP contribution in [0.3, 0.4) is 0 Å². The lowest BCUT2D eigenvalue weighted by Crippen LogP contribution is -2.41. The fourth-order valence-electron chi connectivity index (χ4n) is 2.77. The summed E-state index contributed by atoms with van der Waals surface area (Å²) in [6.45, 7) is 1.35. The molecule has 0 spiro atoms. The van der Waals surface area contributed by atoms with E-state index in [0.29, 0.717) is 22.9 Å². The second-order valence-corrected chi connectivity index (χ2v) is 5.70. The van der Waals surface area contributed by atoms with Gasteiger partial charge in [-0.1, -0.05) is 11.6 Å².